The summed E-state index contributed by atoms with van der Waals surface area (Å²) in [6, 6.07) is 8.32. The molecular weight excluding hydrogens is 222 g/mol. The molecule has 2 N–H and O–H groups in total. The fourth-order valence-corrected chi connectivity index (χ4v) is 1.86. The molecular formula is C15H17N3. The lowest BCUT2D eigenvalue weighted by atomic mass is 10.0. The van der Waals surface area contributed by atoms with Crippen molar-refractivity contribution in [2.24, 2.45) is 0 Å². The van der Waals surface area contributed by atoms with Gasteiger partial charge in [-0.3, -0.25) is 0 Å². The van der Waals surface area contributed by atoms with Crippen molar-refractivity contribution < 1.29 is 0 Å². The van der Waals surface area contributed by atoms with Gasteiger partial charge in [0, 0.05) is 5.56 Å². The third kappa shape index (κ3) is 2.23. The average molecular weight is 239 g/mol. The van der Waals surface area contributed by atoms with E-state index in [0.29, 0.717) is 18.3 Å². The zero-order valence-electron chi connectivity index (χ0n) is 10.7. The number of benzene rings is 1. The second kappa shape index (κ2) is 4.97. The van der Waals surface area contributed by atoms with Crippen LogP contribution in [0.5, 0.6) is 0 Å². The Morgan fingerprint density at radius 2 is 2.00 bits per heavy atom. The number of nitrogens with zero attached hydrogens (tertiary/aromatic N) is 2. The average Bonchev–Trinajstić information content (AvgIpc) is 2.72. The number of anilines is 1. The van der Waals surface area contributed by atoms with E-state index >= 15 is 0 Å². The summed E-state index contributed by atoms with van der Waals surface area (Å²) >= 11 is 0. The topological polar surface area (TPSA) is 43.8 Å². The van der Waals surface area contributed by atoms with Crippen LogP contribution in [0.25, 0.3) is 11.3 Å². The van der Waals surface area contributed by atoms with Crippen molar-refractivity contribution in [3.63, 3.8) is 0 Å². The summed E-state index contributed by atoms with van der Waals surface area (Å²) in [7, 11) is 0. The summed E-state index contributed by atoms with van der Waals surface area (Å²) in [6.45, 7) is 4.79. The molecule has 1 aromatic heterocycles. The van der Waals surface area contributed by atoms with Gasteiger partial charge in [-0.25, -0.2) is 4.98 Å². The van der Waals surface area contributed by atoms with Gasteiger partial charge in [0.25, 0.3) is 0 Å². The van der Waals surface area contributed by atoms with E-state index in [4.69, 9.17) is 12.2 Å². The fraction of sp³-hybridized carbons (Fsp3) is 0.267. The van der Waals surface area contributed by atoms with E-state index in [0.717, 1.165) is 11.3 Å². The van der Waals surface area contributed by atoms with Crippen LogP contribution in [-0.2, 0) is 6.54 Å². The maximum Gasteiger partial charge on any atom is 0.132 e. The van der Waals surface area contributed by atoms with Crippen molar-refractivity contribution >= 4 is 5.82 Å². The van der Waals surface area contributed by atoms with Crippen molar-refractivity contribution in [3.05, 3.63) is 36.2 Å². The minimum atomic E-state index is 0.447. The maximum atomic E-state index is 6.02. The van der Waals surface area contributed by atoms with Crippen LogP contribution in [0.3, 0.4) is 0 Å². The Hall–Kier alpha value is -2.21. The molecule has 0 radical (unpaired) electrons. The first-order valence-corrected chi connectivity index (χ1v) is 5.98. The molecule has 0 aliphatic heterocycles. The molecule has 2 aromatic rings. The SMILES string of the molecule is C#CCn1cnc(-c2ccc(C(C)C)cc2)c1N. The summed E-state index contributed by atoms with van der Waals surface area (Å²) in [5, 5.41) is 0. The minimum Gasteiger partial charge on any atom is -0.383 e. The highest BCUT2D eigenvalue weighted by Gasteiger charge is 2.09. The van der Waals surface area contributed by atoms with Crippen LogP contribution in [0.1, 0.15) is 25.3 Å². The molecule has 3 heteroatoms. The highest BCUT2D eigenvalue weighted by atomic mass is 15.1. The summed E-state index contributed by atoms with van der Waals surface area (Å²) < 4.78 is 1.77. The molecule has 18 heavy (non-hydrogen) atoms. The van der Waals surface area contributed by atoms with E-state index in [-0.39, 0.29) is 0 Å². The fourth-order valence-electron chi connectivity index (χ4n) is 1.86. The lowest BCUT2D eigenvalue weighted by Crippen LogP contribution is -2.00. The van der Waals surface area contributed by atoms with E-state index in [1.807, 2.05) is 12.1 Å². The first-order valence-electron chi connectivity index (χ1n) is 5.98. The van der Waals surface area contributed by atoms with Crippen LogP contribution in [0, 0.1) is 12.3 Å². The lowest BCUT2D eigenvalue weighted by molar-refractivity contribution is 0.852. The monoisotopic (exact) mass is 239 g/mol. The van der Waals surface area contributed by atoms with Gasteiger partial charge in [-0.2, -0.15) is 0 Å². The normalized spacial score (nSPS) is 10.6. The van der Waals surface area contributed by atoms with Crippen LogP contribution in [0.15, 0.2) is 30.6 Å². The third-order valence-corrected chi connectivity index (χ3v) is 2.99. The second-order valence-electron chi connectivity index (χ2n) is 4.59. The summed E-state index contributed by atoms with van der Waals surface area (Å²) in [5.41, 5.74) is 9.14. The first kappa shape index (κ1) is 12.3. The molecule has 0 fully saturated rings. The molecule has 0 saturated carbocycles. The van der Waals surface area contributed by atoms with Crippen LogP contribution in [-0.4, -0.2) is 9.55 Å². The van der Waals surface area contributed by atoms with Gasteiger partial charge in [0.2, 0.25) is 0 Å². The Labute approximate surface area is 108 Å². The molecule has 0 aliphatic carbocycles. The molecule has 0 unspecified atom stereocenters. The van der Waals surface area contributed by atoms with Crippen molar-refractivity contribution in [2.75, 3.05) is 5.73 Å². The molecule has 0 amide bonds. The van der Waals surface area contributed by atoms with Crippen molar-refractivity contribution in [3.8, 4) is 23.6 Å². The number of imidazole rings is 1. The second-order valence-corrected chi connectivity index (χ2v) is 4.59. The predicted octanol–water partition coefficient (Wildman–Crippen LogP) is 2.89. The molecule has 0 bridgehead atoms. The van der Waals surface area contributed by atoms with Crippen molar-refractivity contribution in [1.82, 2.24) is 9.55 Å². The molecule has 2 rings (SSSR count). The van der Waals surface area contributed by atoms with Crippen LogP contribution in [0.4, 0.5) is 5.82 Å². The number of aromatic nitrogens is 2. The smallest absolute Gasteiger partial charge is 0.132 e. The molecule has 0 atom stereocenters. The van der Waals surface area contributed by atoms with Crippen LogP contribution in [0.2, 0.25) is 0 Å². The van der Waals surface area contributed by atoms with Gasteiger partial charge in [-0.1, -0.05) is 44.0 Å². The highest BCUT2D eigenvalue weighted by molar-refractivity contribution is 5.70. The minimum absolute atomic E-state index is 0.447. The third-order valence-electron chi connectivity index (χ3n) is 2.99. The molecule has 0 saturated heterocycles. The Kier molecular flexibility index (Phi) is 3.38. The van der Waals surface area contributed by atoms with Gasteiger partial charge in [0.1, 0.15) is 11.5 Å². The van der Waals surface area contributed by atoms with Gasteiger partial charge in [-0.15, -0.1) is 6.42 Å². The van der Waals surface area contributed by atoms with Gasteiger partial charge in [0.05, 0.1) is 12.9 Å². The summed E-state index contributed by atoms with van der Waals surface area (Å²) in [6.07, 6.45) is 6.96. The predicted molar refractivity (Wildman–Crippen MR) is 75.0 cm³/mol. The largest absolute Gasteiger partial charge is 0.383 e. The Morgan fingerprint density at radius 1 is 1.33 bits per heavy atom. The highest BCUT2D eigenvalue weighted by Crippen LogP contribution is 2.25. The lowest BCUT2D eigenvalue weighted by Gasteiger charge is -2.06. The summed E-state index contributed by atoms with van der Waals surface area (Å²) in [4.78, 5) is 4.32. The van der Waals surface area contributed by atoms with Gasteiger partial charge < -0.3 is 10.3 Å². The number of terminal acetylenes is 1. The zero-order chi connectivity index (χ0) is 13.1. The zero-order valence-corrected chi connectivity index (χ0v) is 10.7. The van der Waals surface area contributed by atoms with E-state index < -0.39 is 0 Å². The van der Waals surface area contributed by atoms with Gasteiger partial charge in [0.15, 0.2) is 0 Å². The number of hydrogen-bond acceptors (Lipinski definition) is 2. The van der Waals surface area contributed by atoms with Crippen LogP contribution >= 0.6 is 0 Å². The maximum absolute atomic E-state index is 6.02. The molecule has 0 aliphatic rings. The summed E-state index contributed by atoms with van der Waals surface area (Å²) in [5.74, 6) is 3.70. The number of rotatable bonds is 3. The molecule has 0 spiro atoms. The quantitative estimate of drug-likeness (QED) is 0.837. The van der Waals surface area contributed by atoms with Crippen LogP contribution < -0.4 is 5.73 Å². The van der Waals surface area contributed by atoms with E-state index in [2.05, 4.69) is 36.9 Å². The first-order chi connectivity index (χ1) is 8.63. The van der Waals surface area contributed by atoms with Gasteiger partial charge in [-0.05, 0) is 11.5 Å². The van der Waals surface area contributed by atoms with E-state index in [9.17, 15) is 0 Å². The van der Waals surface area contributed by atoms with Crippen molar-refractivity contribution in [2.45, 2.75) is 26.3 Å². The van der Waals surface area contributed by atoms with Crippen molar-refractivity contribution in [1.29, 1.82) is 0 Å². The number of nitrogen functional groups attached to an aromatic ring is 1. The molecule has 1 heterocycles. The van der Waals surface area contributed by atoms with Gasteiger partial charge >= 0.3 is 0 Å². The number of hydrogen-bond donors (Lipinski definition) is 1. The standard InChI is InChI=1S/C15H17N3/c1-4-9-18-10-17-14(15(18)16)13-7-5-12(6-8-13)11(2)3/h1,5-8,10-11H,9,16H2,2-3H3. The van der Waals surface area contributed by atoms with E-state index in [1.165, 1.54) is 5.56 Å². The number of nitrogens with two attached hydrogens (primary N) is 1. The molecule has 92 valence electrons. The molecule has 3 nitrogen and oxygen atoms in total. The Balaban J connectivity index is 2.34. The van der Waals surface area contributed by atoms with E-state index in [1.54, 1.807) is 10.9 Å². The Bertz CT molecular complexity index is 571. The Morgan fingerprint density at radius 3 is 2.56 bits per heavy atom. The molecule has 1 aromatic carbocycles.